The highest BCUT2D eigenvalue weighted by Crippen LogP contribution is 2.30. The number of nitrogens with zero attached hydrogens (tertiary/aromatic N) is 2. The second-order valence-corrected chi connectivity index (χ2v) is 7.80. The van der Waals surface area contributed by atoms with Gasteiger partial charge in [0.1, 0.15) is 0 Å². The van der Waals surface area contributed by atoms with E-state index in [1.165, 1.54) is 25.9 Å². The summed E-state index contributed by atoms with van der Waals surface area (Å²) in [6.45, 7) is 14.5. The van der Waals surface area contributed by atoms with E-state index >= 15 is 0 Å². The Kier molecular flexibility index (Phi) is 12.4. The van der Waals surface area contributed by atoms with Gasteiger partial charge in [0.05, 0.1) is 13.7 Å². The maximum Gasteiger partial charge on any atom is 0.195 e. The van der Waals surface area contributed by atoms with Crippen LogP contribution in [0.25, 0.3) is 0 Å². The maximum atomic E-state index is 5.60. The minimum Gasteiger partial charge on any atom is -0.493 e. The van der Waals surface area contributed by atoms with Crippen molar-refractivity contribution >= 4 is 35.6 Å². The average molecular weight is 518 g/mol. The number of anilines is 1. The first-order chi connectivity index (χ1) is 13.5. The van der Waals surface area contributed by atoms with Crippen molar-refractivity contribution in [2.24, 2.45) is 16.8 Å². The zero-order valence-electron chi connectivity index (χ0n) is 18.7. The fourth-order valence-corrected chi connectivity index (χ4v) is 3.67. The molecule has 0 aromatic heterocycles. The number of aliphatic imine (C=N–C) groups is 1. The molecule has 0 amide bonds. The minimum atomic E-state index is 0. The number of ether oxygens (including phenoxy) is 2. The van der Waals surface area contributed by atoms with Crippen LogP contribution in [0.15, 0.2) is 23.2 Å². The van der Waals surface area contributed by atoms with E-state index < -0.39 is 0 Å². The molecule has 1 heterocycles. The Morgan fingerprint density at radius 2 is 2.07 bits per heavy atom. The molecule has 6 nitrogen and oxygen atoms in total. The van der Waals surface area contributed by atoms with Gasteiger partial charge in [0, 0.05) is 37.9 Å². The highest BCUT2D eigenvalue weighted by molar-refractivity contribution is 14.0. The topological polar surface area (TPSA) is 58.1 Å². The number of methoxy groups -OCH3 is 1. The van der Waals surface area contributed by atoms with Crippen LogP contribution in [0.1, 0.15) is 40.5 Å². The Bertz CT molecular complexity index is 625. The maximum absolute atomic E-state index is 5.60. The van der Waals surface area contributed by atoms with Gasteiger partial charge in [-0.2, -0.15) is 0 Å². The van der Waals surface area contributed by atoms with Crippen molar-refractivity contribution in [3.63, 3.8) is 0 Å². The molecule has 1 saturated heterocycles. The van der Waals surface area contributed by atoms with E-state index in [0.717, 1.165) is 48.7 Å². The average Bonchev–Trinajstić information content (AvgIpc) is 2.67. The number of piperidine rings is 1. The number of hydrogen-bond donors (Lipinski definition) is 2. The quantitative estimate of drug-likeness (QED) is 0.287. The largest absolute Gasteiger partial charge is 0.493 e. The molecule has 29 heavy (non-hydrogen) atoms. The molecular weight excluding hydrogens is 479 g/mol. The molecule has 0 saturated carbocycles. The van der Waals surface area contributed by atoms with Gasteiger partial charge in [0.25, 0.3) is 0 Å². The van der Waals surface area contributed by atoms with Crippen LogP contribution in [-0.2, 0) is 0 Å². The lowest BCUT2D eigenvalue weighted by Gasteiger charge is -2.33. The van der Waals surface area contributed by atoms with Crippen LogP contribution in [0.5, 0.6) is 11.5 Å². The lowest BCUT2D eigenvalue weighted by molar-refractivity contribution is 0.162. The van der Waals surface area contributed by atoms with Crippen molar-refractivity contribution < 1.29 is 9.47 Å². The van der Waals surface area contributed by atoms with Gasteiger partial charge in [0.15, 0.2) is 17.5 Å². The van der Waals surface area contributed by atoms with E-state index in [-0.39, 0.29) is 24.0 Å². The summed E-state index contributed by atoms with van der Waals surface area (Å²) in [5, 5.41) is 6.74. The Morgan fingerprint density at radius 3 is 2.72 bits per heavy atom. The van der Waals surface area contributed by atoms with Gasteiger partial charge in [-0.25, -0.2) is 0 Å². The van der Waals surface area contributed by atoms with E-state index in [1.54, 1.807) is 7.11 Å². The molecule has 7 heteroatoms. The standard InChI is InChI=1S/C22H38N4O2.HI/c1-6-23-22(24-14-18-9-8-12-26(16-18)15-17(3)4)25-19-10-11-20(28-7-2)21(13-19)27-5;/h10-11,13,17-18H,6-9,12,14-16H2,1-5H3,(H2,23,24,25);1H. The monoisotopic (exact) mass is 518 g/mol. The van der Waals surface area contributed by atoms with Crippen molar-refractivity contribution in [3.05, 3.63) is 18.2 Å². The molecule has 1 unspecified atom stereocenters. The third-order valence-electron chi connectivity index (χ3n) is 4.80. The first-order valence-corrected chi connectivity index (χ1v) is 10.6. The van der Waals surface area contributed by atoms with Crippen LogP contribution in [0.4, 0.5) is 5.69 Å². The van der Waals surface area contributed by atoms with Crippen LogP contribution in [0.2, 0.25) is 0 Å². The van der Waals surface area contributed by atoms with Gasteiger partial charge < -0.3 is 25.0 Å². The smallest absolute Gasteiger partial charge is 0.195 e. The molecule has 1 aromatic rings. The first-order valence-electron chi connectivity index (χ1n) is 10.6. The normalized spacial score (nSPS) is 17.6. The van der Waals surface area contributed by atoms with Crippen molar-refractivity contribution in [1.82, 2.24) is 10.2 Å². The highest BCUT2D eigenvalue weighted by atomic mass is 127. The Labute approximate surface area is 193 Å². The number of guanidine groups is 1. The SMILES string of the molecule is CCNC(=NCC1CCCN(CC(C)C)C1)Nc1ccc(OCC)c(OC)c1.I. The van der Waals surface area contributed by atoms with E-state index in [9.17, 15) is 0 Å². The zero-order valence-corrected chi connectivity index (χ0v) is 21.0. The molecule has 0 aliphatic carbocycles. The number of rotatable bonds is 9. The molecule has 166 valence electrons. The fraction of sp³-hybridized carbons (Fsp3) is 0.682. The van der Waals surface area contributed by atoms with Crippen molar-refractivity contribution in [1.29, 1.82) is 0 Å². The summed E-state index contributed by atoms with van der Waals surface area (Å²) in [4.78, 5) is 7.45. The van der Waals surface area contributed by atoms with Gasteiger partial charge in [-0.3, -0.25) is 4.99 Å². The molecule has 0 bridgehead atoms. The molecular formula is C22H39IN4O2. The number of nitrogens with one attached hydrogen (secondary N) is 2. The van der Waals surface area contributed by atoms with Gasteiger partial charge in [-0.15, -0.1) is 24.0 Å². The van der Waals surface area contributed by atoms with Gasteiger partial charge in [-0.05, 0) is 57.2 Å². The van der Waals surface area contributed by atoms with Crippen LogP contribution in [-0.4, -0.2) is 57.3 Å². The predicted octanol–water partition coefficient (Wildman–Crippen LogP) is 4.46. The van der Waals surface area contributed by atoms with Crippen LogP contribution >= 0.6 is 24.0 Å². The third kappa shape index (κ3) is 8.99. The van der Waals surface area contributed by atoms with Crippen LogP contribution < -0.4 is 20.1 Å². The lowest BCUT2D eigenvalue weighted by atomic mass is 9.97. The lowest BCUT2D eigenvalue weighted by Crippen LogP contribution is -2.39. The number of hydrogen-bond acceptors (Lipinski definition) is 4. The molecule has 1 atom stereocenters. The first kappa shape index (κ1) is 25.8. The Balaban J connectivity index is 0.00000420. The van der Waals surface area contributed by atoms with E-state index in [0.29, 0.717) is 12.5 Å². The number of benzene rings is 1. The summed E-state index contributed by atoms with van der Waals surface area (Å²) >= 11 is 0. The summed E-state index contributed by atoms with van der Waals surface area (Å²) < 4.78 is 11.0. The Hall–Kier alpha value is -1.22. The second-order valence-electron chi connectivity index (χ2n) is 7.80. The molecule has 1 aliphatic heterocycles. The van der Waals surface area contributed by atoms with Gasteiger partial charge in [0.2, 0.25) is 0 Å². The molecule has 0 radical (unpaired) electrons. The van der Waals surface area contributed by atoms with E-state index in [4.69, 9.17) is 14.5 Å². The van der Waals surface area contributed by atoms with E-state index in [1.807, 2.05) is 25.1 Å². The molecule has 2 rings (SSSR count). The minimum absolute atomic E-state index is 0. The van der Waals surface area contributed by atoms with Gasteiger partial charge in [-0.1, -0.05) is 13.8 Å². The summed E-state index contributed by atoms with van der Waals surface area (Å²) in [5.41, 5.74) is 0.935. The summed E-state index contributed by atoms with van der Waals surface area (Å²) in [6, 6.07) is 5.87. The summed E-state index contributed by atoms with van der Waals surface area (Å²) in [6.07, 6.45) is 2.53. The van der Waals surface area contributed by atoms with Crippen molar-refractivity contribution in [2.75, 3.05) is 51.8 Å². The Morgan fingerprint density at radius 1 is 1.28 bits per heavy atom. The van der Waals surface area contributed by atoms with Crippen LogP contribution in [0.3, 0.4) is 0 Å². The number of likely N-dealkylation sites (tertiary alicyclic amines) is 1. The van der Waals surface area contributed by atoms with E-state index in [2.05, 4.69) is 36.3 Å². The highest BCUT2D eigenvalue weighted by Gasteiger charge is 2.20. The summed E-state index contributed by atoms with van der Waals surface area (Å²) in [5.74, 6) is 3.63. The second kappa shape index (κ2) is 13.9. The van der Waals surface area contributed by atoms with Crippen LogP contribution in [0, 0.1) is 11.8 Å². The third-order valence-corrected chi connectivity index (χ3v) is 4.80. The fourth-order valence-electron chi connectivity index (χ4n) is 3.67. The number of halogens is 1. The molecule has 1 aromatic carbocycles. The molecule has 1 aliphatic rings. The molecule has 2 N–H and O–H groups in total. The summed E-state index contributed by atoms with van der Waals surface area (Å²) in [7, 11) is 1.66. The predicted molar refractivity (Wildman–Crippen MR) is 133 cm³/mol. The van der Waals surface area contributed by atoms with Gasteiger partial charge >= 0.3 is 0 Å². The van der Waals surface area contributed by atoms with Crippen molar-refractivity contribution in [2.45, 2.75) is 40.5 Å². The van der Waals surface area contributed by atoms with Crippen molar-refractivity contribution in [3.8, 4) is 11.5 Å². The molecule has 0 spiro atoms. The molecule has 1 fully saturated rings. The zero-order chi connectivity index (χ0) is 20.4.